The molecule has 1 spiro atoms. The van der Waals surface area contributed by atoms with E-state index in [4.69, 9.17) is 4.74 Å². The molecule has 3 atom stereocenters. The largest absolute Gasteiger partial charge is 0.393 e. The first-order chi connectivity index (χ1) is 9.26. The SMILES string of the molecule is OC1CCCC(CNC2CCOC3(CCCC3)C2)C1. The average Bonchev–Trinajstić information content (AvgIpc) is 2.85. The van der Waals surface area contributed by atoms with Gasteiger partial charge in [0.1, 0.15) is 0 Å². The highest BCUT2D eigenvalue weighted by Gasteiger charge is 2.39. The van der Waals surface area contributed by atoms with Gasteiger partial charge in [-0.2, -0.15) is 0 Å². The highest BCUT2D eigenvalue weighted by atomic mass is 16.5. The summed E-state index contributed by atoms with van der Waals surface area (Å²) in [5.74, 6) is 0.686. The zero-order valence-electron chi connectivity index (χ0n) is 12.1. The van der Waals surface area contributed by atoms with Crippen LogP contribution in [0.3, 0.4) is 0 Å². The minimum atomic E-state index is -0.0450. The summed E-state index contributed by atoms with van der Waals surface area (Å²) in [7, 11) is 0. The van der Waals surface area contributed by atoms with Crippen LogP contribution in [-0.2, 0) is 4.74 Å². The Hall–Kier alpha value is -0.120. The Morgan fingerprint density at radius 1 is 1.11 bits per heavy atom. The van der Waals surface area contributed by atoms with Gasteiger partial charge < -0.3 is 15.2 Å². The van der Waals surface area contributed by atoms with E-state index < -0.39 is 0 Å². The van der Waals surface area contributed by atoms with Gasteiger partial charge in [0.25, 0.3) is 0 Å². The highest BCUT2D eigenvalue weighted by molar-refractivity contribution is 4.93. The summed E-state index contributed by atoms with van der Waals surface area (Å²) in [5.41, 5.74) is 0.224. The van der Waals surface area contributed by atoms with Crippen molar-refractivity contribution < 1.29 is 9.84 Å². The number of ether oxygens (including phenoxy) is 1. The Morgan fingerprint density at radius 3 is 2.74 bits per heavy atom. The fraction of sp³-hybridized carbons (Fsp3) is 1.00. The van der Waals surface area contributed by atoms with Gasteiger partial charge in [-0.1, -0.05) is 19.3 Å². The predicted molar refractivity (Wildman–Crippen MR) is 76.1 cm³/mol. The number of aliphatic hydroxyl groups excluding tert-OH is 1. The minimum Gasteiger partial charge on any atom is -0.393 e. The summed E-state index contributed by atoms with van der Waals surface area (Å²) in [6.45, 7) is 2.03. The molecule has 3 heteroatoms. The zero-order chi connectivity index (χ0) is 13.1. The molecule has 110 valence electrons. The number of hydrogen-bond donors (Lipinski definition) is 2. The van der Waals surface area contributed by atoms with Crippen molar-refractivity contribution in [2.45, 2.75) is 82.0 Å². The maximum Gasteiger partial charge on any atom is 0.0697 e. The van der Waals surface area contributed by atoms with Crippen molar-refractivity contribution in [1.82, 2.24) is 5.32 Å². The maximum atomic E-state index is 9.74. The molecular formula is C16H29NO2. The molecule has 1 heterocycles. The fourth-order valence-corrected chi connectivity index (χ4v) is 4.35. The Labute approximate surface area is 117 Å². The van der Waals surface area contributed by atoms with E-state index in [1.165, 1.54) is 44.9 Å². The van der Waals surface area contributed by atoms with Crippen LogP contribution in [0.1, 0.15) is 64.2 Å². The first-order valence-electron chi connectivity index (χ1n) is 8.31. The summed E-state index contributed by atoms with van der Waals surface area (Å²) >= 11 is 0. The van der Waals surface area contributed by atoms with Crippen molar-refractivity contribution >= 4 is 0 Å². The molecule has 1 aliphatic heterocycles. The lowest BCUT2D eigenvalue weighted by Crippen LogP contribution is -2.47. The second kappa shape index (κ2) is 6.11. The van der Waals surface area contributed by atoms with E-state index in [0.717, 1.165) is 32.4 Å². The highest BCUT2D eigenvalue weighted by Crippen LogP contribution is 2.40. The van der Waals surface area contributed by atoms with E-state index in [-0.39, 0.29) is 11.7 Å². The Bertz CT molecular complexity index is 288. The smallest absolute Gasteiger partial charge is 0.0697 e. The van der Waals surface area contributed by atoms with Gasteiger partial charge in [-0.05, 0) is 57.4 Å². The summed E-state index contributed by atoms with van der Waals surface area (Å²) in [6.07, 6.45) is 12.1. The molecule has 3 rings (SSSR count). The quantitative estimate of drug-likeness (QED) is 0.826. The molecule has 0 bridgehead atoms. The molecule has 3 nitrogen and oxygen atoms in total. The fourth-order valence-electron chi connectivity index (χ4n) is 4.35. The van der Waals surface area contributed by atoms with Gasteiger partial charge in [0, 0.05) is 12.6 Å². The van der Waals surface area contributed by atoms with Crippen LogP contribution in [0.5, 0.6) is 0 Å². The molecule has 3 fully saturated rings. The lowest BCUT2D eigenvalue weighted by molar-refractivity contribution is -0.0841. The molecule has 2 aliphatic carbocycles. The van der Waals surface area contributed by atoms with Crippen molar-refractivity contribution in [3.8, 4) is 0 Å². The van der Waals surface area contributed by atoms with Gasteiger partial charge >= 0.3 is 0 Å². The molecule has 2 saturated carbocycles. The third-order valence-electron chi connectivity index (χ3n) is 5.46. The van der Waals surface area contributed by atoms with E-state index >= 15 is 0 Å². The molecule has 2 N–H and O–H groups in total. The molecule has 19 heavy (non-hydrogen) atoms. The molecule has 1 saturated heterocycles. The van der Waals surface area contributed by atoms with Crippen LogP contribution >= 0.6 is 0 Å². The van der Waals surface area contributed by atoms with Crippen molar-refractivity contribution in [3.05, 3.63) is 0 Å². The first-order valence-corrected chi connectivity index (χ1v) is 8.31. The lowest BCUT2D eigenvalue weighted by Gasteiger charge is -2.39. The van der Waals surface area contributed by atoms with Crippen LogP contribution in [-0.4, -0.2) is 36.0 Å². The van der Waals surface area contributed by atoms with Gasteiger partial charge in [-0.3, -0.25) is 0 Å². The summed E-state index contributed by atoms with van der Waals surface area (Å²) in [6, 6.07) is 0.644. The van der Waals surface area contributed by atoms with E-state index in [1.807, 2.05) is 0 Å². The lowest BCUT2D eigenvalue weighted by atomic mass is 9.85. The number of nitrogens with one attached hydrogen (secondary N) is 1. The maximum absolute atomic E-state index is 9.74. The summed E-state index contributed by atoms with van der Waals surface area (Å²) in [5, 5.41) is 13.5. The first kappa shape index (κ1) is 13.8. The van der Waals surface area contributed by atoms with E-state index in [1.54, 1.807) is 0 Å². The third kappa shape index (κ3) is 3.50. The van der Waals surface area contributed by atoms with Crippen LogP contribution < -0.4 is 5.32 Å². The average molecular weight is 267 g/mol. The summed E-state index contributed by atoms with van der Waals surface area (Å²) in [4.78, 5) is 0. The van der Waals surface area contributed by atoms with Crippen molar-refractivity contribution in [2.24, 2.45) is 5.92 Å². The molecule has 0 aromatic carbocycles. The second-order valence-corrected chi connectivity index (χ2v) is 7.02. The van der Waals surface area contributed by atoms with Gasteiger partial charge in [-0.15, -0.1) is 0 Å². The minimum absolute atomic E-state index is 0.0450. The molecule has 3 aliphatic rings. The van der Waals surface area contributed by atoms with Crippen LogP contribution in [0.15, 0.2) is 0 Å². The van der Waals surface area contributed by atoms with E-state index in [2.05, 4.69) is 5.32 Å². The van der Waals surface area contributed by atoms with Crippen molar-refractivity contribution in [3.63, 3.8) is 0 Å². The Kier molecular flexibility index (Phi) is 4.45. The van der Waals surface area contributed by atoms with Crippen LogP contribution in [0.4, 0.5) is 0 Å². The second-order valence-electron chi connectivity index (χ2n) is 7.02. The normalized spacial score (nSPS) is 38.7. The zero-order valence-corrected chi connectivity index (χ0v) is 12.1. The Morgan fingerprint density at radius 2 is 1.95 bits per heavy atom. The Balaban J connectivity index is 1.44. The molecule has 0 aromatic rings. The monoisotopic (exact) mass is 267 g/mol. The van der Waals surface area contributed by atoms with Crippen molar-refractivity contribution in [2.75, 3.05) is 13.2 Å². The van der Waals surface area contributed by atoms with Crippen molar-refractivity contribution in [1.29, 1.82) is 0 Å². The van der Waals surface area contributed by atoms with E-state index in [0.29, 0.717) is 12.0 Å². The number of aliphatic hydroxyl groups is 1. The molecule has 3 unspecified atom stereocenters. The van der Waals surface area contributed by atoms with Gasteiger partial charge in [0.05, 0.1) is 11.7 Å². The number of rotatable bonds is 3. The summed E-state index contributed by atoms with van der Waals surface area (Å²) < 4.78 is 6.09. The third-order valence-corrected chi connectivity index (χ3v) is 5.46. The topological polar surface area (TPSA) is 41.5 Å². The molecule has 0 radical (unpaired) electrons. The van der Waals surface area contributed by atoms with Crippen LogP contribution in [0.2, 0.25) is 0 Å². The molecule has 0 aromatic heterocycles. The predicted octanol–water partition coefficient (Wildman–Crippen LogP) is 2.62. The molecular weight excluding hydrogens is 238 g/mol. The molecule has 0 amide bonds. The number of hydrogen-bond acceptors (Lipinski definition) is 3. The van der Waals surface area contributed by atoms with Gasteiger partial charge in [0.2, 0.25) is 0 Å². The standard InChI is InChI=1S/C16H29NO2/c18-15-5-3-4-13(10-15)12-17-14-6-9-19-16(11-14)7-1-2-8-16/h13-15,17-18H,1-12H2. The van der Waals surface area contributed by atoms with Gasteiger partial charge in [0.15, 0.2) is 0 Å². The van der Waals surface area contributed by atoms with Gasteiger partial charge in [-0.25, -0.2) is 0 Å². The van der Waals surface area contributed by atoms with Crippen LogP contribution in [0, 0.1) is 5.92 Å². The van der Waals surface area contributed by atoms with Crippen LogP contribution in [0.25, 0.3) is 0 Å². The van der Waals surface area contributed by atoms with E-state index in [9.17, 15) is 5.11 Å².